The van der Waals surface area contributed by atoms with Gasteiger partial charge in [0.15, 0.2) is 6.17 Å². The number of nitrogens with one attached hydrogen (secondary N) is 1. The van der Waals surface area contributed by atoms with E-state index in [0.29, 0.717) is 12.1 Å². The Balaban J connectivity index is 1.91. The second-order valence-corrected chi connectivity index (χ2v) is 6.19. The molecule has 2 unspecified atom stereocenters. The van der Waals surface area contributed by atoms with Crippen molar-refractivity contribution in [1.82, 2.24) is 15.1 Å². The second-order valence-electron chi connectivity index (χ2n) is 6.19. The van der Waals surface area contributed by atoms with Crippen LogP contribution in [0.4, 0.5) is 9.18 Å². The predicted molar refractivity (Wildman–Crippen MR) is 66.3 cm³/mol. The average Bonchev–Trinajstić information content (AvgIpc) is 2.89. The lowest BCUT2D eigenvalue weighted by molar-refractivity contribution is 0.00107. The molecule has 1 aromatic heterocycles. The number of H-pyrrole nitrogens is 1. The number of alkyl halides is 1. The first-order chi connectivity index (χ1) is 8.88. The molecule has 104 valence electrons. The summed E-state index contributed by atoms with van der Waals surface area (Å²) in [7, 11) is 0. The summed E-state index contributed by atoms with van der Waals surface area (Å²) < 4.78 is 19.8. The molecule has 1 saturated heterocycles. The van der Waals surface area contributed by atoms with E-state index in [4.69, 9.17) is 4.74 Å². The molecule has 3 heterocycles. The number of hydrogen-bond donors (Lipinski definition) is 1. The number of ether oxygens (including phenoxy) is 1. The molecule has 3 atom stereocenters. The molecule has 0 spiro atoms. The van der Waals surface area contributed by atoms with Gasteiger partial charge in [-0.25, -0.2) is 9.18 Å². The third kappa shape index (κ3) is 1.89. The summed E-state index contributed by atoms with van der Waals surface area (Å²) in [5.74, 6) is 0. The fraction of sp³-hybridized carbons (Fsp3) is 0.692. The molecule has 1 fully saturated rings. The number of carbonyl (C=O) groups is 1. The molecular weight excluding hydrogens is 249 g/mol. The quantitative estimate of drug-likeness (QED) is 0.786. The monoisotopic (exact) mass is 267 g/mol. The normalized spacial score (nSPS) is 29.3. The summed E-state index contributed by atoms with van der Waals surface area (Å²) in [6.07, 6.45) is 1.40. The summed E-state index contributed by atoms with van der Waals surface area (Å²) >= 11 is 0. The summed E-state index contributed by atoms with van der Waals surface area (Å²) in [4.78, 5) is 13.8. The first-order valence-corrected chi connectivity index (χ1v) is 6.57. The molecule has 19 heavy (non-hydrogen) atoms. The Morgan fingerprint density at radius 2 is 2.26 bits per heavy atom. The first-order valence-electron chi connectivity index (χ1n) is 6.57. The molecule has 1 N–H and O–H groups in total. The maximum Gasteiger partial charge on any atom is 0.411 e. The van der Waals surface area contributed by atoms with E-state index in [0.717, 1.165) is 12.0 Å². The van der Waals surface area contributed by atoms with Crippen LogP contribution in [0.3, 0.4) is 0 Å². The fourth-order valence-electron chi connectivity index (χ4n) is 2.99. The van der Waals surface area contributed by atoms with Crippen LogP contribution in [0.25, 0.3) is 0 Å². The highest BCUT2D eigenvalue weighted by atomic mass is 19.1. The molecule has 0 radical (unpaired) electrons. The summed E-state index contributed by atoms with van der Waals surface area (Å²) in [5, 5.41) is 6.61. The maximum atomic E-state index is 14.4. The fourth-order valence-corrected chi connectivity index (χ4v) is 2.99. The highest BCUT2D eigenvalue weighted by molar-refractivity contribution is 5.70. The number of amides is 1. The third-order valence-corrected chi connectivity index (χ3v) is 3.71. The molecule has 6 heteroatoms. The van der Waals surface area contributed by atoms with Crippen molar-refractivity contribution < 1.29 is 13.9 Å². The van der Waals surface area contributed by atoms with Crippen molar-refractivity contribution in [1.29, 1.82) is 0 Å². The minimum absolute atomic E-state index is 0.111. The molecule has 1 amide bonds. The van der Waals surface area contributed by atoms with Crippen LogP contribution in [-0.4, -0.2) is 32.8 Å². The van der Waals surface area contributed by atoms with Gasteiger partial charge in [-0.1, -0.05) is 0 Å². The zero-order valence-electron chi connectivity index (χ0n) is 11.3. The number of fused-ring (bicyclic) bond motifs is 4. The molecular formula is C13H18FN3O2. The number of nitrogens with zero attached hydrogens (tertiary/aromatic N) is 2. The van der Waals surface area contributed by atoms with E-state index in [9.17, 15) is 9.18 Å². The van der Waals surface area contributed by atoms with Gasteiger partial charge in [0.25, 0.3) is 0 Å². The Labute approximate surface area is 111 Å². The number of carbonyl (C=O) groups excluding carboxylic acids is 1. The molecule has 0 aromatic carbocycles. The zero-order chi connectivity index (χ0) is 13.8. The topological polar surface area (TPSA) is 58.2 Å². The Kier molecular flexibility index (Phi) is 2.59. The Bertz CT molecular complexity index is 508. The van der Waals surface area contributed by atoms with Gasteiger partial charge < -0.3 is 4.74 Å². The van der Waals surface area contributed by atoms with E-state index >= 15 is 0 Å². The number of halogens is 1. The highest BCUT2D eigenvalue weighted by Crippen LogP contribution is 2.49. The molecule has 2 aliphatic heterocycles. The van der Waals surface area contributed by atoms with Crippen molar-refractivity contribution in [3.05, 3.63) is 17.5 Å². The Morgan fingerprint density at radius 3 is 2.95 bits per heavy atom. The molecule has 0 saturated carbocycles. The number of hydrogen-bond acceptors (Lipinski definition) is 3. The van der Waals surface area contributed by atoms with Crippen LogP contribution >= 0.6 is 0 Å². The van der Waals surface area contributed by atoms with E-state index in [1.807, 2.05) is 20.8 Å². The van der Waals surface area contributed by atoms with Crippen molar-refractivity contribution >= 4 is 6.09 Å². The number of rotatable bonds is 0. The van der Waals surface area contributed by atoms with Crippen LogP contribution < -0.4 is 0 Å². The van der Waals surface area contributed by atoms with Crippen molar-refractivity contribution in [2.24, 2.45) is 0 Å². The lowest BCUT2D eigenvalue weighted by Crippen LogP contribution is -2.45. The summed E-state index contributed by atoms with van der Waals surface area (Å²) in [6, 6.07) is -0.548. The standard InChI is InChI=1S/C13H18FN3O2/c1-13(2,3)19-12(18)17-8-4-5-9(17)10(14)11-7(8)6-15-16-11/h6,8-10H,4-5H2,1-3H3,(H,15,16)/t8?,9?,10-/m1/s1. The molecule has 5 nitrogen and oxygen atoms in total. The summed E-state index contributed by atoms with van der Waals surface area (Å²) in [6.45, 7) is 5.44. The molecule has 0 aliphatic carbocycles. The van der Waals surface area contributed by atoms with Gasteiger partial charge in [-0.3, -0.25) is 10.00 Å². The zero-order valence-corrected chi connectivity index (χ0v) is 11.3. The lowest BCUT2D eigenvalue weighted by atomic mass is 9.99. The molecule has 3 rings (SSSR count). The largest absolute Gasteiger partial charge is 0.444 e. The first kappa shape index (κ1) is 12.4. The van der Waals surface area contributed by atoms with E-state index in [-0.39, 0.29) is 6.04 Å². The number of aromatic nitrogens is 2. The van der Waals surface area contributed by atoms with Gasteiger partial charge in [0.1, 0.15) is 5.60 Å². The van der Waals surface area contributed by atoms with E-state index < -0.39 is 23.9 Å². The minimum atomic E-state index is -1.20. The lowest BCUT2D eigenvalue weighted by Gasteiger charge is -2.37. The average molecular weight is 267 g/mol. The van der Waals surface area contributed by atoms with Gasteiger partial charge in [0.2, 0.25) is 0 Å². The predicted octanol–water partition coefficient (Wildman–Crippen LogP) is 2.87. The van der Waals surface area contributed by atoms with Crippen molar-refractivity contribution in [2.75, 3.05) is 0 Å². The van der Waals surface area contributed by atoms with Gasteiger partial charge >= 0.3 is 6.09 Å². The van der Waals surface area contributed by atoms with Crippen molar-refractivity contribution in [3.8, 4) is 0 Å². The van der Waals surface area contributed by atoms with E-state index in [2.05, 4.69) is 10.2 Å². The van der Waals surface area contributed by atoms with Gasteiger partial charge in [-0.05, 0) is 33.6 Å². The Morgan fingerprint density at radius 1 is 1.53 bits per heavy atom. The van der Waals surface area contributed by atoms with Crippen LogP contribution in [0.1, 0.15) is 57.1 Å². The minimum Gasteiger partial charge on any atom is -0.444 e. The smallest absolute Gasteiger partial charge is 0.411 e. The highest BCUT2D eigenvalue weighted by Gasteiger charge is 2.50. The van der Waals surface area contributed by atoms with Gasteiger partial charge in [-0.2, -0.15) is 5.10 Å². The van der Waals surface area contributed by atoms with Crippen LogP contribution in [0.5, 0.6) is 0 Å². The van der Waals surface area contributed by atoms with Crippen LogP contribution in [-0.2, 0) is 4.74 Å². The van der Waals surface area contributed by atoms with E-state index in [1.54, 1.807) is 11.1 Å². The van der Waals surface area contributed by atoms with Crippen LogP contribution in [0, 0.1) is 0 Å². The van der Waals surface area contributed by atoms with Gasteiger partial charge in [0, 0.05) is 5.56 Å². The van der Waals surface area contributed by atoms with Crippen molar-refractivity contribution in [2.45, 2.75) is 57.5 Å². The molecule has 1 aromatic rings. The Hall–Kier alpha value is -1.59. The third-order valence-electron chi connectivity index (χ3n) is 3.71. The SMILES string of the molecule is CC(C)(C)OC(=O)N1C2CCC1[C@@H](F)c1[nH]ncc12. The van der Waals surface area contributed by atoms with Crippen molar-refractivity contribution in [3.63, 3.8) is 0 Å². The summed E-state index contributed by atoms with van der Waals surface area (Å²) in [5.41, 5.74) is 0.735. The number of aromatic amines is 1. The van der Waals surface area contributed by atoms with Gasteiger partial charge in [0.05, 0.1) is 24.0 Å². The van der Waals surface area contributed by atoms with Gasteiger partial charge in [-0.15, -0.1) is 0 Å². The van der Waals surface area contributed by atoms with E-state index in [1.165, 1.54) is 0 Å². The van der Waals surface area contributed by atoms with Crippen LogP contribution in [0.15, 0.2) is 6.20 Å². The molecule has 2 bridgehead atoms. The molecule has 2 aliphatic rings. The second kappa shape index (κ2) is 3.95. The van der Waals surface area contributed by atoms with Crippen LogP contribution in [0.2, 0.25) is 0 Å². The maximum absolute atomic E-state index is 14.4.